The largest absolute Gasteiger partial charge is 0.397 e. The second-order valence-corrected chi connectivity index (χ2v) is 2.51. The molecule has 0 aliphatic rings. The predicted molar refractivity (Wildman–Crippen MR) is 49.5 cm³/mol. The van der Waals surface area contributed by atoms with Crippen molar-refractivity contribution in [1.82, 2.24) is 0 Å². The van der Waals surface area contributed by atoms with Crippen LogP contribution in [-0.4, -0.2) is 0 Å². The minimum absolute atomic E-state index is 0.472. The van der Waals surface area contributed by atoms with Crippen LogP contribution in [0.2, 0.25) is 0 Å². The van der Waals surface area contributed by atoms with Gasteiger partial charge in [-0.15, -0.1) is 0 Å². The van der Waals surface area contributed by atoms with Gasteiger partial charge in [0, 0.05) is 12.4 Å². The number of aryl methyl sites for hydroxylation is 1. The number of hydrogen-bond acceptors (Lipinski definition) is 4. The average molecular weight is 167 g/mol. The molecular weight excluding hydrogens is 158 g/mol. The molecule has 0 radical (unpaired) electrons. The van der Waals surface area contributed by atoms with Gasteiger partial charge in [-0.25, -0.2) is 0 Å². The standard InChI is InChI=1S/C7H9N3S/c1-4-2-3-5(8)6(9)7(4)10-11/h2-3H,8-9H2,1H3. The molecule has 0 aliphatic heterocycles. The highest BCUT2D eigenvalue weighted by atomic mass is 32.1. The van der Waals surface area contributed by atoms with Crippen molar-refractivity contribution in [3.8, 4) is 0 Å². The van der Waals surface area contributed by atoms with E-state index in [0.29, 0.717) is 17.1 Å². The number of anilines is 2. The van der Waals surface area contributed by atoms with Crippen LogP contribution in [0, 0.1) is 6.92 Å². The van der Waals surface area contributed by atoms with Crippen LogP contribution in [0.4, 0.5) is 17.1 Å². The van der Waals surface area contributed by atoms with Crippen molar-refractivity contribution in [2.75, 3.05) is 11.5 Å². The van der Waals surface area contributed by atoms with Gasteiger partial charge in [0.05, 0.1) is 11.4 Å². The highest BCUT2D eigenvalue weighted by molar-refractivity contribution is 7.47. The summed E-state index contributed by atoms with van der Waals surface area (Å²) in [6.45, 7) is 1.89. The Morgan fingerprint density at radius 1 is 1.36 bits per heavy atom. The summed E-state index contributed by atoms with van der Waals surface area (Å²) in [7, 11) is 0. The van der Waals surface area contributed by atoms with E-state index in [4.69, 9.17) is 11.5 Å². The quantitative estimate of drug-likeness (QED) is 0.623. The van der Waals surface area contributed by atoms with Crippen molar-refractivity contribution >= 4 is 29.5 Å². The van der Waals surface area contributed by atoms with Crippen LogP contribution in [0.1, 0.15) is 5.56 Å². The van der Waals surface area contributed by atoms with E-state index >= 15 is 0 Å². The van der Waals surface area contributed by atoms with Gasteiger partial charge >= 0.3 is 0 Å². The normalized spacial score (nSPS) is 9.55. The van der Waals surface area contributed by atoms with Crippen LogP contribution in [0.25, 0.3) is 0 Å². The summed E-state index contributed by atoms with van der Waals surface area (Å²) in [6, 6.07) is 3.59. The maximum absolute atomic E-state index is 5.61. The van der Waals surface area contributed by atoms with E-state index in [1.165, 1.54) is 0 Å². The maximum atomic E-state index is 5.61. The Morgan fingerprint density at radius 3 is 2.45 bits per heavy atom. The lowest BCUT2D eigenvalue weighted by Gasteiger charge is -2.04. The molecule has 0 fully saturated rings. The molecule has 58 valence electrons. The Labute approximate surface area is 70.6 Å². The van der Waals surface area contributed by atoms with Crippen molar-refractivity contribution < 1.29 is 0 Å². The van der Waals surface area contributed by atoms with E-state index in [9.17, 15) is 0 Å². The van der Waals surface area contributed by atoms with Gasteiger partial charge in [-0.2, -0.15) is 4.36 Å². The molecular formula is C7H9N3S. The fourth-order valence-corrected chi connectivity index (χ4v) is 1.10. The predicted octanol–water partition coefficient (Wildman–Crippen LogP) is 1.52. The second-order valence-electron chi connectivity index (χ2n) is 2.33. The first kappa shape index (κ1) is 7.94. The molecule has 4 heteroatoms. The zero-order chi connectivity index (χ0) is 8.43. The van der Waals surface area contributed by atoms with Crippen molar-refractivity contribution in [1.29, 1.82) is 0 Å². The summed E-state index contributed by atoms with van der Waals surface area (Å²) >= 11 is 4.54. The molecule has 0 aliphatic carbocycles. The zero-order valence-electron chi connectivity index (χ0n) is 6.16. The van der Waals surface area contributed by atoms with Crippen LogP contribution in [-0.2, 0) is 12.4 Å². The summed E-state index contributed by atoms with van der Waals surface area (Å²) in [5.74, 6) is 0. The minimum atomic E-state index is 0.472. The van der Waals surface area contributed by atoms with Crippen molar-refractivity contribution in [3.05, 3.63) is 17.7 Å². The van der Waals surface area contributed by atoms with Crippen LogP contribution < -0.4 is 11.5 Å². The Bertz CT molecular complexity index is 296. The summed E-state index contributed by atoms with van der Waals surface area (Å²) in [4.78, 5) is 0. The molecule has 0 spiro atoms. The molecule has 11 heavy (non-hydrogen) atoms. The van der Waals surface area contributed by atoms with Gasteiger partial charge in [0.15, 0.2) is 0 Å². The molecule has 0 saturated heterocycles. The van der Waals surface area contributed by atoms with Crippen LogP contribution in [0.3, 0.4) is 0 Å². The summed E-state index contributed by atoms with van der Waals surface area (Å²) in [5.41, 5.74) is 13.7. The molecule has 1 aromatic rings. The van der Waals surface area contributed by atoms with Gasteiger partial charge in [-0.05, 0) is 18.6 Å². The zero-order valence-corrected chi connectivity index (χ0v) is 6.98. The highest BCUT2D eigenvalue weighted by Gasteiger charge is 2.03. The van der Waals surface area contributed by atoms with Gasteiger partial charge in [0.25, 0.3) is 0 Å². The van der Waals surface area contributed by atoms with E-state index in [0.717, 1.165) is 5.56 Å². The lowest BCUT2D eigenvalue weighted by atomic mass is 10.1. The maximum Gasteiger partial charge on any atom is 0.105 e. The topological polar surface area (TPSA) is 64.4 Å². The molecule has 1 rings (SSSR count). The van der Waals surface area contributed by atoms with E-state index in [1.54, 1.807) is 6.07 Å². The number of nitrogens with zero attached hydrogens (tertiary/aromatic N) is 1. The molecule has 4 N–H and O–H groups in total. The number of nitrogens with two attached hydrogens (primary N) is 2. The molecule has 0 aromatic heterocycles. The van der Waals surface area contributed by atoms with E-state index in [1.807, 2.05) is 13.0 Å². The molecule has 3 nitrogen and oxygen atoms in total. The fraction of sp³-hybridized carbons (Fsp3) is 0.143. The minimum Gasteiger partial charge on any atom is -0.397 e. The fourth-order valence-electron chi connectivity index (χ4n) is 0.854. The first-order valence-corrected chi connectivity index (χ1v) is 3.51. The highest BCUT2D eigenvalue weighted by Crippen LogP contribution is 2.30. The van der Waals surface area contributed by atoms with E-state index in [2.05, 4.69) is 16.8 Å². The van der Waals surface area contributed by atoms with Crippen molar-refractivity contribution in [2.24, 2.45) is 4.36 Å². The van der Waals surface area contributed by atoms with Crippen LogP contribution in [0.15, 0.2) is 16.5 Å². The average Bonchev–Trinajstić information content (AvgIpc) is 1.99. The summed E-state index contributed by atoms with van der Waals surface area (Å²) < 4.78 is 3.61. The molecule has 0 unspecified atom stereocenters. The second kappa shape index (κ2) is 2.84. The number of hydrogen-bond donors (Lipinski definition) is 2. The first-order valence-electron chi connectivity index (χ1n) is 3.14. The number of rotatable bonds is 1. The van der Waals surface area contributed by atoms with Crippen LogP contribution in [0.5, 0.6) is 0 Å². The van der Waals surface area contributed by atoms with Gasteiger partial charge in [-0.1, -0.05) is 6.07 Å². The Kier molecular flexibility index (Phi) is 2.05. The molecule has 1 aromatic carbocycles. The molecule has 0 amide bonds. The molecule has 0 saturated carbocycles. The Balaban J connectivity index is 3.40. The van der Waals surface area contributed by atoms with Gasteiger partial charge in [-0.3, -0.25) is 0 Å². The van der Waals surface area contributed by atoms with E-state index in [-0.39, 0.29) is 0 Å². The van der Waals surface area contributed by atoms with Crippen molar-refractivity contribution in [3.63, 3.8) is 0 Å². The molecule has 0 heterocycles. The lowest BCUT2D eigenvalue weighted by molar-refractivity contribution is 1.42. The lowest BCUT2D eigenvalue weighted by Crippen LogP contribution is -1.95. The van der Waals surface area contributed by atoms with Gasteiger partial charge in [0.2, 0.25) is 0 Å². The third kappa shape index (κ3) is 1.30. The smallest absolute Gasteiger partial charge is 0.105 e. The SMILES string of the molecule is Cc1ccc(N)c(N)c1N=S. The van der Waals surface area contributed by atoms with Gasteiger partial charge in [0.1, 0.15) is 5.69 Å². The third-order valence-corrected chi connectivity index (χ3v) is 1.73. The van der Waals surface area contributed by atoms with E-state index < -0.39 is 0 Å². The Hall–Kier alpha value is -1.16. The Morgan fingerprint density at radius 2 is 2.00 bits per heavy atom. The third-order valence-electron chi connectivity index (χ3n) is 1.54. The summed E-state index contributed by atoms with van der Waals surface area (Å²) in [6.07, 6.45) is 0. The monoisotopic (exact) mass is 167 g/mol. The first-order chi connectivity index (χ1) is 5.16. The molecule has 0 bridgehead atoms. The number of nitrogen functional groups attached to an aromatic ring is 2. The van der Waals surface area contributed by atoms with Gasteiger partial charge < -0.3 is 11.5 Å². The summed E-state index contributed by atoms with van der Waals surface area (Å²) in [5, 5.41) is 0. The van der Waals surface area contributed by atoms with Crippen molar-refractivity contribution in [2.45, 2.75) is 6.92 Å². The molecule has 0 atom stereocenters. The number of benzene rings is 1. The van der Waals surface area contributed by atoms with Crippen LogP contribution >= 0.6 is 0 Å².